The molecule has 9 heteroatoms. The number of benzene rings is 1. The summed E-state index contributed by atoms with van der Waals surface area (Å²) in [5.41, 5.74) is 3.53. The Balaban J connectivity index is 1.59. The number of nitrogens with one attached hydrogen (secondary N) is 1. The lowest BCUT2D eigenvalue weighted by Gasteiger charge is -2.26. The maximum absolute atomic E-state index is 13.0. The molecule has 0 radical (unpaired) electrons. The molecule has 1 amide bonds. The zero-order valence-corrected chi connectivity index (χ0v) is 20.8. The summed E-state index contributed by atoms with van der Waals surface area (Å²) in [7, 11) is 3.54. The third-order valence-corrected chi connectivity index (χ3v) is 7.42. The maximum Gasteiger partial charge on any atom is 0.237 e. The van der Waals surface area contributed by atoms with Crippen LogP contribution in [0.15, 0.2) is 29.4 Å². The second-order valence-electron chi connectivity index (χ2n) is 8.62. The molecule has 0 aliphatic heterocycles. The van der Waals surface area contributed by atoms with Crippen molar-refractivity contribution in [3.05, 3.63) is 35.7 Å². The molecule has 1 aromatic carbocycles. The molecule has 1 N–H and O–H groups in total. The van der Waals surface area contributed by atoms with Gasteiger partial charge in [-0.25, -0.2) is 0 Å². The van der Waals surface area contributed by atoms with Crippen LogP contribution in [0.1, 0.15) is 56.5 Å². The van der Waals surface area contributed by atoms with Crippen LogP contribution in [0.25, 0.3) is 11.4 Å². The molecule has 33 heavy (non-hydrogen) atoms. The zero-order chi connectivity index (χ0) is 23.5. The summed E-state index contributed by atoms with van der Waals surface area (Å²) in [4.78, 5) is 13.0. The second-order valence-corrected chi connectivity index (χ2v) is 9.92. The lowest BCUT2D eigenvalue weighted by atomic mass is 9.95. The highest BCUT2D eigenvalue weighted by Crippen LogP contribution is 2.37. The Labute approximate surface area is 199 Å². The van der Waals surface area contributed by atoms with Crippen molar-refractivity contribution in [2.24, 2.45) is 7.05 Å². The van der Waals surface area contributed by atoms with Gasteiger partial charge in [-0.2, -0.15) is 5.10 Å². The van der Waals surface area contributed by atoms with E-state index in [0.29, 0.717) is 6.04 Å². The first kappa shape index (κ1) is 23.4. The monoisotopic (exact) mass is 468 g/mol. The molecule has 3 aromatic rings. The van der Waals surface area contributed by atoms with Crippen molar-refractivity contribution in [3.63, 3.8) is 0 Å². The minimum absolute atomic E-state index is 0.0663. The standard InChI is InChI=1S/C24H32N6O2S/c1-15-21(16(2)29(4)28-15)25-23(31)17(3)33-24-27-26-22(18-11-13-20(32-5)14-12-18)30(24)19-9-7-6-8-10-19/h11-14,17,19H,6-10H2,1-5H3,(H,25,31). The molecule has 2 aromatic heterocycles. The number of carbonyl (C=O) groups excluding carboxylic acids is 1. The van der Waals surface area contributed by atoms with Crippen LogP contribution in [0.4, 0.5) is 5.69 Å². The average Bonchev–Trinajstić information content (AvgIpc) is 3.35. The van der Waals surface area contributed by atoms with Gasteiger partial charge in [0.1, 0.15) is 5.75 Å². The summed E-state index contributed by atoms with van der Waals surface area (Å²) < 4.78 is 9.33. The van der Waals surface area contributed by atoms with Gasteiger partial charge >= 0.3 is 0 Å². The molecule has 1 saturated carbocycles. The summed E-state index contributed by atoms with van der Waals surface area (Å²) in [5.74, 6) is 1.59. The highest BCUT2D eigenvalue weighted by atomic mass is 32.2. The molecule has 176 valence electrons. The largest absolute Gasteiger partial charge is 0.497 e. The van der Waals surface area contributed by atoms with Crippen LogP contribution < -0.4 is 10.1 Å². The summed E-state index contributed by atoms with van der Waals surface area (Å²) in [6.07, 6.45) is 5.86. The van der Waals surface area contributed by atoms with E-state index in [1.165, 1.54) is 31.0 Å². The molecule has 1 atom stereocenters. The minimum Gasteiger partial charge on any atom is -0.497 e. The average molecular weight is 469 g/mol. The molecule has 0 saturated heterocycles. The van der Waals surface area contributed by atoms with Crippen LogP contribution in [0.5, 0.6) is 5.75 Å². The number of thioether (sulfide) groups is 1. The Kier molecular flexibility index (Phi) is 7.07. The topological polar surface area (TPSA) is 86.9 Å². The summed E-state index contributed by atoms with van der Waals surface area (Å²) in [5, 5.41) is 17.0. The third kappa shape index (κ3) is 4.93. The van der Waals surface area contributed by atoms with Crippen LogP contribution in [-0.4, -0.2) is 42.8 Å². The molecule has 1 aliphatic carbocycles. The molecular formula is C24H32N6O2S. The third-order valence-electron chi connectivity index (χ3n) is 6.36. The van der Waals surface area contributed by atoms with Crippen molar-refractivity contribution in [2.75, 3.05) is 12.4 Å². The number of hydrogen-bond acceptors (Lipinski definition) is 6. The van der Waals surface area contributed by atoms with Crippen LogP contribution in [0.2, 0.25) is 0 Å². The van der Waals surface area contributed by atoms with E-state index in [4.69, 9.17) is 4.74 Å². The number of anilines is 1. The second kappa shape index (κ2) is 9.99. The van der Waals surface area contributed by atoms with Crippen molar-refractivity contribution in [1.29, 1.82) is 0 Å². The van der Waals surface area contributed by atoms with Gasteiger partial charge in [-0.05, 0) is 57.9 Å². The summed E-state index contributed by atoms with van der Waals surface area (Å²) >= 11 is 1.46. The highest BCUT2D eigenvalue weighted by molar-refractivity contribution is 8.00. The first-order valence-corrected chi connectivity index (χ1v) is 12.3. The van der Waals surface area contributed by atoms with Crippen molar-refractivity contribution < 1.29 is 9.53 Å². The number of methoxy groups -OCH3 is 1. The normalized spacial score (nSPS) is 15.4. The molecule has 4 rings (SSSR count). The van der Waals surface area contributed by atoms with Crippen LogP contribution in [0.3, 0.4) is 0 Å². The van der Waals surface area contributed by atoms with Gasteiger partial charge in [-0.1, -0.05) is 31.0 Å². The van der Waals surface area contributed by atoms with Crippen LogP contribution in [0, 0.1) is 13.8 Å². The van der Waals surface area contributed by atoms with Gasteiger partial charge in [0, 0.05) is 18.7 Å². The van der Waals surface area contributed by atoms with E-state index in [0.717, 1.165) is 52.2 Å². The summed E-state index contributed by atoms with van der Waals surface area (Å²) in [6, 6.07) is 8.25. The predicted octanol–water partition coefficient (Wildman–Crippen LogP) is 4.93. The van der Waals surface area contributed by atoms with E-state index in [-0.39, 0.29) is 11.2 Å². The minimum atomic E-state index is -0.334. The van der Waals surface area contributed by atoms with Gasteiger partial charge in [0.15, 0.2) is 11.0 Å². The lowest BCUT2D eigenvalue weighted by Crippen LogP contribution is -2.24. The number of carbonyl (C=O) groups is 1. The van der Waals surface area contributed by atoms with Gasteiger partial charge in [0.25, 0.3) is 0 Å². The quantitative estimate of drug-likeness (QED) is 0.495. The Bertz CT molecular complexity index is 1110. The van der Waals surface area contributed by atoms with Crippen molar-refractivity contribution >= 4 is 23.4 Å². The predicted molar refractivity (Wildman–Crippen MR) is 131 cm³/mol. The van der Waals surface area contributed by atoms with E-state index < -0.39 is 0 Å². The number of aryl methyl sites for hydroxylation is 2. The smallest absolute Gasteiger partial charge is 0.237 e. The van der Waals surface area contributed by atoms with E-state index >= 15 is 0 Å². The molecule has 8 nitrogen and oxygen atoms in total. The van der Waals surface area contributed by atoms with Crippen molar-refractivity contribution in [1.82, 2.24) is 24.5 Å². The van der Waals surface area contributed by atoms with Gasteiger partial charge in [0.05, 0.1) is 29.4 Å². The van der Waals surface area contributed by atoms with Crippen LogP contribution in [-0.2, 0) is 11.8 Å². The number of aromatic nitrogens is 5. The molecular weight excluding hydrogens is 436 g/mol. The fraction of sp³-hybridized carbons (Fsp3) is 0.500. The highest BCUT2D eigenvalue weighted by Gasteiger charge is 2.27. The molecule has 1 aliphatic rings. The van der Waals surface area contributed by atoms with Gasteiger partial charge in [-0.15, -0.1) is 10.2 Å². The molecule has 0 bridgehead atoms. The first-order chi connectivity index (χ1) is 15.9. The Morgan fingerprint density at radius 2 is 1.85 bits per heavy atom. The molecule has 1 fully saturated rings. The van der Waals surface area contributed by atoms with E-state index in [2.05, 4.69) is 25.2 Å². The first-order valence-electron chi connectivity index (χ1n) is 11.5. The SMILES string of the molecule is COc1ccc(-c2nnc(SC(C)C(=O)Nc3c(C)nn(C)c3C)n2C2CCCCC2)cc1. The van der Waals surface area contributed by atoms with E-state index in [1.807, 2.05) is 52.1 Å². The number of ether oxygens (including phenoxy) is 1. The molecule has 0 spiro atoms. The lowest BCUT2D eigenvalue weighted by molar-refractivity contribution is -0.115. The van der Waals surface area contributed by atoms with Gasteiger partial charge in [-0.3, -0.25) is 14.0 Å². The number of hydrogen-bond donors (Lipinski definition) is 1. The number of amides is 1. The number of nitrogens with zero attached hydrogens (tertiary/aromatic N) is 5. The summed E-state index contributed by atoms with van der Waals surface area (Å²) in [6.45, 7) is 5.77. The Morgan fingerprint density at radius 1 is 1.15 bits per heavy atom. The van der Waals surface area contributed by atoms with Crippen molar-refractivity contribution in [3.8, 4) is 17.1 Å². The fourth-order valence-corrected chi connectivity index (χ4v) is 5.27. The van der Waals surface area contributed by atoms with E-state index in [1.54, 1.807) is 11.8 Å². The van der Waals surface area contributed by atoms with Gasteiger partial charge in [0.2, 0.25) is 5.91 Å². The Morgan fingerprint density at radius 3 is 2.45 bits per heavy atom. The van der Waals surface area contributed by atoms with Crippen molar-refractivity contribution in [2.45, 2.75) is 69.3 Å². The van der Waals surface area contributed by atoms with Gasteiger partial charge < -0.3 is 10.1 Å². The maximum atomic E-state index is 13.0. The fourth-order valence-electron chi connectivity index (χ4n) is 4.35. The van der Waals surface area contributed by atoms with E-state index in [9.17, 15) is 4.79 Å². The van der Waals surface area contributed by atoms with Crippen LogP contribution >= 0.6 is 11.8 Å². The molecule has 2 heterocycles. The molecule has 1 unspecified atom stereocenters. The Hall–Kier alpha value is -2.81. The zero-order valence-electron chi connectivity index (χ0n) is 20.0. The number of rotatable bonds is 7.